The highest BCUT2D eigenvalue weighted by molar-refractivity contribution is 9.10. The summed E-state index contributed by atoms with van der Waals surface area (Å²) >= 11 is 3.58. The maximum absolute atomic E-state index is 3.58. The number of halogens is 1. The van der Waals surface area contributed by atoms with Crippen LogP contribution in [-0.4, -0.2) is 7.05 Å². The third-order valence-corrected chi connectivity index (χ3v) is 4.35. The monoisotopic (exact) mass is 265 g/mol. The van der Waals surface area contributed by atoms with Crippen molar-refractivity contribution in [3.8, 4) is 0 Å². The lowest BCUT2D eigenvalue weighted by molar-refractivity contribution is 0.502. The number of benzene rings is 1. The molecule has 0 radical (unpaired) electrons. The average Bonchev–Trinajstić information content (AvgIpc) is 3.00. The van der Waals surface area contributed by atoms with Crippen LogP contribution < -0.4 is 5.32 Å². The number of fused-ring (bicyclic) bond motifs is 1. The second-order valence-corrected chi connectivity index (χ2v) is 5.71. The standard InChI is InChI=1S/C13H16BrN/c1-15-13-7-11(8-2-3-8)12-6-9(14)4-5-10(12)13/h4-6,8,11,13,15H,2-3,7H2,1H3. The zero-order valence-electron chi connectivity index (χ0n) is 8.96. The fraction of sp³-hybridized carbons (Fsp3) is 0.538. The van der Waals surface area contributed by atoms with Crippen molar-refractivity contribution in [2.24, 2.45) is 5.92 Å². The van der Waals surface area contributed by atoms with Gasteiger partial charge in [-0.25, -0.2) is 0 Å². The molecular weight excluding hydrogens is 250 g/mol. The van der Waals surface area contributed by atoms with E-state index in [2.05, 4.69) is 46.5 Å². The van der Waals surface area contributed by atoms with E-state index < -0.39 is 0 Å². The lowest BCUT2D eigenvalue weighted by atomic mass is 9.96. The Balaban J connectivity index is 2.02. The quantitative estimate of drug-likeness (QED) is 0.862. The summed E-state index contributed by atoms with van der Waals surface area (Å²) in [5, 5.41) is 3.44. The molecule has 1 aromatic carbocycles. The Labute approximate surface area is 99.4 Å². The van der Waals surface area contributed by atoms with Crippen molar-refractivity contribution >= 4 is 15.9 Å². The first-order chi connectivity index (χ1) is 7.29. The molecule has 0 amide bonds. The van der Waals surface area contributed by atoms with Gasteiger partial charge in [0, 0.05) is 10.5 Å². The van der Waals surface area contributed by atoms with Crippen LogP contribution in [0, 0.1) is 5.92 Å². The Hall–Kier alpha value is -0.340. The molecule has 1 fully saturated rings. The van der Waals surface area contributed by atoms with Crippen LogP contribution in [0.4, 0.5) is 0 Å². The van der Waals surface area contributed by atoms with E-state index in [9.17, 15) is 0 Å². The lowest BCUT2D eigenvalue weighted by Crippen LogP contribution is -2.13. The lowest BCUT2D eigenvalue weighted by Gasteiger charge is -2.09. The summed E-state index contributed by atoms with van der Waals surface area (Å²) in [5.41, 5.74) is 3.11. The molecule has 0 aromatic heterocycles. The Morgan fingerprint density at radius 1 is 1.27 bits per heavy atom. The van der Waals surface area contributed by atoms with Crippen LogP contribution in [0.3, 0.4) is 0 Å². The zero-order chi connectivity index (χ0) is 10.4. The SMILES string of the molecule is CNC1CC(C2CC2)c2cc(Br)ccc21. The largest absolute Gasteiger partial charge is 0.313 e. The van der Waals surface area contributed by atoms with E-state index in [1.807, 2.05) is 0 Å². The van der Waals surface area contributed by atoms with E-state index in [1.165, 1.54) is 29.3 Å². The van der Waals surface area contributed by atoms with Gasteiger partial charge in [-0.15, -0.1) is 0 Å². The van der Waals surface area contributed by atoms with Crippen LogP contribution in [-0.2, 0) is 0 Å². The van der Waals surface area contributed by atoms with E-state index in [0.717, 1.165) is 11.8 Å². The van der Waals surface area contributed by atoms with Crippen molar-refractivity contribution in [3.05, 3.63) is 33.8 Å². The Morgan fingerprint density at radius 2 is 2.07 bits per heavy atom. The Bertz CT molecular complexity index is 384. The third-order valence-electron chi connectivity index (χ3n) is 3.85. The maximum Gasteiger partial charge on any atom is 0.0326 e. The van der Waals surface area contributed by atoms with Gasteiger partial charge in [0.1, 0.15) is 0 Å². The molecule has 1 aromatic rings. The van der Waals surface area contributed by atoms with Gasteiger partial charge < -0.3 is 5.32 Å². The minimum absolute atomic E-state index is 0.582. The van der Waals surface area contributed by atoms with Gasteiger partial charge >= 0.3 is 0 Å². The van der Waals surface area contributed by atoms with Crippen LogP contribution >= 0.6 is 15.9 Å². The predicted octanol–water partition coefficient (Wildman–Crippen LogP) is 3.61. The van der Waals surface area contributed by atoms with E-state index in [0.29, 0.717) is 6.04 Å². The fourth-order valence-corrected chi connectivity index (χ4v) is 3.29. The molecule has 2 heteroatoms. The minimum atomic E-state index is 0.582. The first-order valence-corrected chi connectivity index (χ1v) is 6.55. The summed E-state index contributed by atoms with van der Waals surface area (Å²) in [6, 6.07) is 7.36. The third kappa shape index (κ3) is 1.64. The molecule has 3 rings (SSSR count). The van der Waals surface area contributed by atoms with E-state index in [4.69, 9.17) is 0 Å². The van der Waals surface area contributed by atoms with E-state index in [-0.39, 0.29) is 0 Å². The zero-order valence-corrected chi connectivity index (χ0v) is 10.5. The highest BCUT2D eigenvalue weighted by Gasteiger charge is 2.39. The second kappa shape index (κ2) is 3.60. The van der Waals surface area contributed by atoms with Crippen molar-refractivity contribution in [1.82, 2.24) is 5.32 Å². The average molecular weight is 266 g/mol. The van der Waals surface area contributed by atoms with Gasteiger partial charge in [0.2, 0.25) is 0 Å². The van der Waals surface area contributed by atoms with E-state index in [1.54, 1.807) is 5.56 Å². The molecule has 0 saturated heterocycles. The number of hydrogen-bond donors (Lipinski definition) is 1. The smallest absolute Gasteiger partial charge is 0.0326 e. The number of hydrogen-bond acceptors (Lipinski definition) is 1. The maximum atomic E-state index is 3.58. The molecule has 2 atom stereocenters. The van der Waals surface area contributed by atoms with Crippen molar-refractivity contribution in [2.45, 2.75) is 31.2 Å². The number of rotatable bonds is 2. The van der Waals surface area contributed by atoms with Crippen molar-refractivity contribution in [2.75, 3.05) is 7.05 Å². The summed E-state index contributed by atoms with van der Waals surface area (Å²) in [6.07, 6.45) is 4.17. The van der Waals surface area contributed by atoms with Gasteiger partial charge in [-0.05, 0) is 61.4 Å². The highest BCUT2D eigenvalue weighted by atomic mass is 79.9. The van der Waals surface area contributed by atoms with Crippen LogP contribution in [0.25, 0.3) is 0 Å². The molecule has 2 aliphatic rings. The first-order valence-electron chi connectivity index (χ1n) is 5.76. The summed E-state index contributed by atoms with van der Waals surface area (Å²) in [7, 11) is 2.08. The molecule has 2 unspecified atom stereocenters. The van der Waals surface area contributed by atoms with Crippen LogP contribution in [0.2, 0.25) is 0 Å². The van der Waals surface area contributed by atoms with Crippen LogP contribution in [0.1, 0.15) is 42.3 Å². The molecular formula is C13H16BrN. The molecule has 0 bridgehead atoms. The highest BCUT2D eigenvalue weighted by Crippen LogP contribution is 2.52. The van der Waals surface area contributed by atoms with Gasteiger partial charge in [-0.1, -0.05) is 22.0 Å². The van der Waals surface area contributed by atoms with Gasteiger partial charge in [0.05, 0.1) is 0 Å². The molecule has 15 heavy (non-hydrogen) atoms. The molecule has 0 heterocycles. The Kier molecular flexibility index (Phi) is 2.37. The summed E-state index contributed by atoms with van der Waals surface area (Å²) in [4.78, 5) is 0. The second-order valence-electron chi connectivity index (χ2n) is 4.79. The van der Waals surface area contributed by atoms with Gasteiger partial charge in [0.25, 0.3) is 0 Å². The molecule has 1 N–H and O–H groups in total. The topological polar surface area (TPSA) is 12.0 Å². The summed E-state index contributed by atoms with van der Waals surface area (Å²) < 4.78 is 1.23. The van der Waals surface area contributed by atoms with Crippen molar-refractivity contribution in [3.63, 3.8) is 0 Å². The molecule has 0 spiro atoms. The van der Waals surface area contributed by atoms with Gasteiger partial charge in [-0.2, -0.15) is 0 Å². The summed E-state index contributed by atoms with van der Waals surface area (Å²) in [5.74, 6) is 1.78. The minimum Gasteiger partial charge on any atom is -0.313 e. The summed E-state index contributed by atoms with van der Waals surface area (Å²) in [6.45, 7) is 0. The molecule has 1 saturated carbocycles. The van der Waals surface area contributed by atoms with Gasteiger partial charge in [-0.3, -0.25) is 0 Å². The van der Waals surface area contributed by atoms with Crippen molar-refractivity contribution < 1.29 is 0 Å². The molecule has 2 aliphatic carbocycles. The molecule has 80 valence electrons. The van der Waals surface area contributed by atoms with Crippen LogP contribution in [0.5, 0.6) is 0 Å². The fourth-order valence-electron chi connectivity index (χ4n) is 2.91. The first kappa shape index (κ1) is 9.86. The Morgan fingerprint density at radius 3 is 2.73 bits per heavy atom. The van der Waals surface area contributed by atoms with Gasteiger partial charge in [0.15, 0.2) is 0 Å². The molecule has 0 aliphatic heterocycles. The van der Waals surface area contributed by atoms with E-state index >= 15 is 0 Å². The van der Waals surface area contributed by atoms with Crippen LogP contribution in [0.15, 0.2) is 22.7 Å². The normalized spacial score (nSPS) is 29.2. The van der Waals surface area contributed by atoms with Crippen molar-refractivity contribution in [1.29, 1.82) is 0 Å². The predicted molar refractivity (Wildman–Crippen MR) is 66.0 cm³/mol. The number of nitrogens with one attached hydrogen (secondary N) is 1. The molecule has 1 nitrogen and oxygen atoms in total.